The summed E-state index contributed by atoms with van der Waals surface area (Å²) in [5.41, 5.74) is 1.95. The fraction of sp³-hybridized carbons (Fsp3) is 0.185. The van der Waals surface area contributed by atoms with E-state index in [9.17, 15) is 14.0 Å². The molecule has 0 saturated heterocycles. The minimum atomic E-state index is -0.386. The topological polar surface area (TPSA) is 67.4 Å². The molecule has 2 amide bonds. The van der Waals surface area contributed by atoms with Gasteiger partial charge < -0.3 is 15.4 Å². The highest BCUT2D eigenvalue weighted by Gasteiger charge is 2.21. The molecule has 0 unspecified atom stereocenters. The highest BCUT2D eigenvalue weighted by Crippen LogP contribution is 2.34. The maximum Gasteiger partial charge on any atom is 0.266 e. The van der Waals surface area contributed by atoms with Gasteiger partial charge in [-0.15, -0.1) is 11.3 Å². The van der Waals surface area contributed by atoms with Crippen molar-refractivity contribution in [2.24, 2.45) is 0 Å². The van der Waals surface area contributed by atoms with Gasteiger partial charge in [0, 0.05) is 27.4 Å². The Labute approximate surface area is 201 Å². The molecule has 3 aromatic carbocycles. The molecule has 4 aromatic rings. The molecule has 7 heteroatoms. The van der Waals surface area contributed by atoms with Gasteiger partial charge in [-0.1, -0.05) is 36.4 Å². The van der Waals surface area contributed by atoms with Crippen LogP contribution in [0.3, 0.4) is 0 Å². The average molecular weight is 477 g/mol. The van der Waals surface area contributed by atoms with E-state index < -0.39 is 0 Å². The summed E-state index contributed by atoms with van der Waals surface area (Å²) in [6, 6.07) is 21.2. The Hall–Kier alpha value is -3.71. The van der Waals surface area contributed by atoms with Crippen molar-refractivity contribution in [2.75, 3.05) is 5.32 Å². The molecule has 0 bridgehead atoms. The van der Waals surface area contributed by atoms with E-state index in [0.717, 1.165) is 5.56 Å². The fourth-order valence-corrected chi connectivity index (χ4v) is 4.73. The lowest BCUT2D eigenvalue weighted by molar-refractivity contribution is -0.120. The standard InChI is InChI=1S/C27H25FN2O3S/c1-17(2)29-24(31)15-18-11-13-19(14-12-18)30-27(32)26-21(16-33-20-7-4-3-5-8-20)25-22(28)9-6-10-23(25)34-26/h3-14,17H,15-16H2,1-2H3,(H,29,31)(H,30,32). The molecule has 4 rings (SSSR count). The largest absolute Gasteiger partial charge is 0.489 e. The van der Waals surface area contributed by atoms with Crippen LogP contribution in [0.1, 0.15) is 34.6 Å². The van der Waals surface area contributed by atoms with Crippen LogP contribution < -0.4 is 15.4 Å². The van der Waals surface area contributed by atoms with Crippen molar-refractivity contribution in [1.29, 1.82) is 0 Å². The van der Waals surface area contributed by atoms with Crippen molar-refractivity contribution in [1.82, 2.24) is 5.32 Å². The number of thiophene rings is 1. The number of fused-ring (bicyclic) bond motifs is 1. The second-order valence-electron chi connectivity index (χ2n) is 8.17. The van der Waals surface area contributed by atoms with Gasteiger partial charge in [0.1, 0.15) is 23.1 Å². The minimum absolute atomic E-state index is 0.0536. The van der Waals surface area contributed by atoms with Crippen LogP contribution in [0, 0.1) is 5.82 Å². The number of halogens is 1. The Morgan fingerprint density at radius 1 is 0.971 bits per heavy atom. The lowest BCUT2D eigenvalue weighted by Crippen LogP contribution is -2.31. The lowest BCUT2D eigenvalue weighted by atomic mass is 10.1. The Morgan fingerprint density at radius 2 is 1.71 bits per heavy atom. The summed E-state index contributed by atoms with van der Waals surface area (Å²) in [7, 11) is 0. The minimum Gasteiger partial charge on any atom is -0.489 e. The molecule has 5 nitrogen and oxygen atoms in total. The van der Waals surface area contributed by atoms with Crippen LogP contribution in [0.5, 0.6) is 5.75 Å². The molecule has 0 saturated carbocycles. The van der Waals surface area contributed by atoms with E-state index in [-0.39, 0.29) is 36.7 Å². The number of nitrogens with one attached hydrogen (secondary N) is 2. The number of carbonyl (C=O) groups excluding carboxylic acids is 2. The third kappa shape index (κ3) is 5.61. The molecule has 174 valence electrons. The van der Waals surface area contributed by atoms with Crippen LogP contribution in [-0.4, -0.2) is 17.9 Å². The lowest BCUT2D eigenvalue weighted by Gasteiger charge is -2.10. The number of ether oxygens (including phenoxy) is 1. The highest BCUT2D eigenvalue weighted by atomic mass is 32.1. The quantitative estimate of drug-likeness (QED) is 0.331. The van der Waals surface area contributed by atoms with Crippen molar-refractivity contribution in [3.05, 3.63) is 94.6 Å². The second-order valence-corrected chi connectivity index (χ2v) is 9.23. The zero-order valence-electron chi connectivity index (χ0n) is 18.9. The van der Waals surface area contributed by atoms with E-state index >= 15 is 0 Å². The number of para-hydroxylation sites is 1. The Morgan fingerprint density at radius 3 is 2.41 bits per heavy atom. The van der Waals surface area contributed by atoms with E-state index in [2.05, 4.69) is 10.6 Å². The van der Waals surface area contributed by atoms with Crippen molar-refractivity contribution in [2.45, 2.75) is 32.9 Å². The maximum absolute atomic E-state index is 14.7. The predicted molar refractivity (Wildman–Crippen MR) is 134 cm³/mol. The molecule has 2 N–H and O–H groups in total. The van der Waals surface area contributed by atoms with Gasteiger partial charge in [0.2, 0.25) is 5.91 Å². The van der Waals surface area contributed by atoms with Crippen LogP contribution in [0.4, 0.5) is 10.1 Å². The zero-order valence-corrected chi connectivity index (χ0v) is 19.7. The molecule has 0 atom stereocenters. The summed E-state index contributed by atoms with van der Waals surface area (Å²) >= 11 is 1.23. The first kappa shape index (κ1) is 23.4. The fourth-order valence-electron chi connectivity index (χ4n) is 3.61. The molecular formula is C27H25FN2O3S. The van der Waals surface area contributed by atoms with Gasteiger partial charge in [-0.05, 0) is 55.8 Å². The Bertz CT molecular complexity index is 1300. The molecule has 34 heavy (non-hydrogen) atoms. The van der Waals surface area contributed by atoms with Gasteiger partial charge in [0.25, 0.3) is 5.91 Å². The smallest absolute Gasteiger partial charge is 0.266 e. The number of anilines is 1. The van der Waals surface area contributed by atoms with E-state index in [0.29, 0.717) is 32.0 Å². The number of carbonyl (C=O) groups is 2. The summed E-state index contributed by atoms with van der Waals surface area (Å²) in [5.74, 6) is -0.134. The summed E-state index contributed by atoms with van der Waals surface area (Å²) in [5, 5.41) is 6.14. The third-order valence-corrected chi connectivity index (χ3v) is 6.32. The zero-order chi connectivity index (χ0) is 24.1. The van der Waals surface area contributed by atoms with E-state index in [1.54, 1.807) is 36.4 Å². The molecule has 0 radical (unpaired) electrons. The van der Waals surface area contributed by atoms with E-state index in [1.807, 2.05) is 44.2 Å². The molecule has 0 aliphatic heterocycles. The average Bonchev–Trinajstić information content (AvgIpc) is 3.19. The number of amides is 2. The highest BCUT2D eigenvalue weighted by molar-refractivity contribution is 7.21. The first-order valence-electron chi connectivity index (χ1n) is 11.0. The molecule has 1 heterocycles. The van der Waals surface area contributed by atoms with Crippen LogP contribution in [-0.2, 0) is 17.8 Å². The number of rotatable bonds is 8. The van der Waals surface area contributed by atoms with Gasteiger partial charge in [0.15, 0.2) is 0 Å². The molecule has 0 aliphatic carbocycles. The molecule has 0 aliphatic rings. The molecule has 1 aromatic heterocycles. The summed E-state index contributed by atoms with van der Waals surface area (Å²) in [6.45, 7) is 3.89. The van der Waals surface area contributed by atoms with E-state index in [4.69, 9.17) is 4.74 Å². The van der Waals surface area contributed by atoms with Gasteiger partial charge in [-0.2, -0.15) is 0 Å². The third-order valence-electron chi connectivity index (χ3n) is 5.12. The molecular weight excluding hydrogens is 451 g/mol. The summed E-state index contributed by atoms with van der Waals surface area (Å²) in [4.78, 5) is 25.5. The van der Waals surface area contributed by atoms with E-state index in [1.165, 1.54) is 17.4 Å². The van der Waals surface area contributed by atoms with Crippen molar-refractivity contribution in [3.63, 3.8) is 0 Å². The SMILES string of the molecule is CC(C)NC(=O)Cc1ccc(NC(=O)c2sc3cccc(F)c3c2COc2ccccc2)cc1. The van der Waals surface area contributed by atoms with Crippen molar-refractivity contribution in [3.8, 4) is 5.75 Å². The second kappa shape index (κ2) is 10.5. The van der Waals surface area contributed by atoms with Crippen LogP contribution >= 0.6 is 11.3 Å². The number of benzene rings is 3. The normalized spacial score (nSPS) is 10.9. The summed E-state index contributed by atoms with van der Waals surface area (Å²) < 4.78 is 21.2. The monoisotopic (exact) mass is 476 g/mol. The Kier molecular flexibility index (Phi) is 7.23. The summed E-state index contributed by atoms with van der Waals surface area (Å²) in [6.07, 6.45) is 0.267. The van der Waals surface area contributed by atoms with Crippen LogP contribution in [0.15, 0.2) is 72.8 Å². The maximum atomic E-state index is 14.7. The van der Waals surface area contributed by atoms with Gasteiger partial charge in [0.05, 0.1) is 6.42 Å². The molecule has 0 spiro atoms. The van der Waals surface area contributed by atoms with Gasteiger partial charge in [-0.3, -0.25) is 9.59 Å². The predicted octanol–water partition coefficient (Wildman–Crippen LogP) is 5.94. The first-order valence-corrected chi connectivity index (χ1v) is 11.8. The van der Waals surface area contributed by atoms with Crippen molar-refractivity contribution < 1.29 is 18.7 Å². The molecule has 0 fully saturated rings. The Balaban J connectivity index is 1.54. The van der Waals surface area contributed by atoms with Crippen LogP contribution in [0.2, 0.25) is 0 Å². The van der Waals surface area contributed by atoms with Gasteiger partial charge in [-0.25, -0.2) is 4.39 Å². The first-order chi connectivity index (χ1) is 16.4. The van der Waals surface area contributed by atoms with Crippen molar-refractivity contribution >= 4 is 38.9 Å². The number of hydrogen-bond donors (Lipinski definition) is 2. The number of hydrogen-bond acceptors (Lipinski definition) is 4. The van der Waals surface area contributed by atoms with Crippen LogP contribution in [0.25, 0.3) is 10.1 Å². The van der Waals surface area contributed by atoms with Gasteiger partial charge >= 0.3 is 0 Å².